The molecule has 0 aliphatic rings. The van der Waals surface area contributed by atoms with Crippen molar-refractivity contribution in [2.45, 2.75) is 92.4 Å². The van der Waals surface area contributed by atoms with E-state index in [0.29, 0.717) is 46.7 Å². The van der Waals surface area contributed by atoms with Gasteiger partial charge in [0.1, 0.15) is 22.1 Å². The monoisotopic (exact) mass is 585 g/mol. The summed E-state index contributed by atoms with van der Waals surface area (Å²) in [6.45, 7) is 14.0. The third-order valence-corrected chi connectivity index (χ3v) is 5.99. The van der Waals surface area contributed by atoms with Gasteiger partial charge in [-0.15, -0.1) is 4.90 Å². The molecule has 0 saturated heterocycles. The van der Waals surface area contributed by atoms with Gasteiger partial charge in [0.15, 0.2) is 5.65 Å². The molecule has 0 saturated carbocycles. The van der Waals surface area contributed by atoms with Gasteiger partial charge in [-0.3, -0.25) is 4.98 Å². The van der Waals surface area contributed by atoms with Crippen LogP contribution in [0.4, 0.5) is 15.5 Å². The molecule has 3 aromatic heterocycles. The highest BCUT2D eigenvalue weighted by molar-refractivity contribution is 6.34. The van der Waals surface area contributed by atoms with E-state index in [1.807, 2.05) is 13.8 Å². The molecule has 12 nitrogen and oxygen atoms in total. The molecule has 220 valence electrons. The van der Waals surface area contributed by atoms with Gasteiger partial charge in [0, 0.05) is 23.7 Å². The van der Waals surface area contributed by atoms with Gasteiger partial charge in [0.25, 0.3) is 0 Å². The van der Waals surface area contributed by atoms with Crippen molar-refractivity contribution >= 4 is 40.8 Å². The number of anilines is 1. The van der Waals surface area contributed by atoms with Crippen LogP contribution in [0.25, 0.3) is 11.0 Å². The number of nitrogens with zero attached hydrogens (tertiary/aromatic N) is 7. The number of pyridine rings is 1. The normalized spacial score (nSPS) is 11.7. The second kappa shape index (κ2) is 12.3. The van der Waals surface area contributed by atoms with Crippen LogP contribution in [0.1, 0.15) is 76.9 Å². The van der Waals surface area contributed by atoms with Gasteiger partial charge in [-0.1, -0.05) is 11.6 Å². The number of ether oxygens (including phenoxy) is 3. The fourth-order valence-corrected chi connectivity index (χ4v) is 4.30. The van der Waals surface area contributed by atoms with Crippen molar-refractivity contribution in [1.82, 2.24) is 24.7 Å². The van der Waals surface area contributed by atoms with E-state index >= 15 is 0 Å². The van der Waals surface area contributed by atoms with Crippen LogP contribution < -0.4 is 9.64 Å². The molecule has 3 rings (SSSR count). The molecule has 0 aliphatic heterocycles. The molecule has 0 atom stereocenters. The fraction of sp³-hybridized carbons (Fsp3) is 0.536. The molecule has 0 N–H and O–H groups in total. The first-order valence-corrected chi connectivity index (χ1v) is 13.5. The van der Waals surface area contributed by atoms with E-state index in [9.17, 15) is 9.59 Å². The Labute approximate surface area is 244 Å². The van der Waals surface area contributed by atoms with Gasteiger partial charge in [-0.2, -0.15) is 20.3 Å². The van der Waals surface area contributed by atoms with Crippen LogP contribution in [0.5, 0.6) is 5.75 Å². The lowest BCUT2D eigenvalue weighted by atomic mass is 10.1. The van der Waals surface area contributed by atoms with Gasteiger partial charge in [0.2, 0.25) is 5.95 Å². The number of aryl methyl sites for hydroxylation is 2. The largest absolute Gasteiger partial charge is 0.496 e. The Morgan fingerprint density at radius 2 is 1.66 bits per heavy atom. The summed E-state index contributed by atoms with van der Waals surface area (Å²) in [7, 11) is 1.59. The third-order valence-electron chi connectivity index (χ3n) is 5.71. The third kappa shape index (κ3) is 7.61. The SMILES string of the molecule is COc1c(C)cnc(Cn2nc(CCCC#N)c3c(Cl)nc(N(C(=O)OC(C)(C)C)C(=O)OC(C)(C)C)nc32)c1C. The van der Waals surface area contributed by atoms with E-state index in [4.69, 9.17) is 36.2 Å². The standard InChI is InChI=1S/C28H36ClN7O5/c1-16-14-31-19(17(2)21(16)39-9)15-35-23-20(18(34-35)12-10-11-13-30)22(29)32-24(33-23)36(25(37)40-27(3,4)5)26(38)41-28(6,7)8/h14H,10-12,15H2,1-9H3. The molecule has 0 aromatic carbocycles. The number of unbranched alkanes of at least 4 members (excludes halogenated alkanes) is 1. The highest BCUT2D eigenvalue weighted by atomic mass is 35.5. The molecule has 3 aromatic rings. The highest BCUT2D eigenvalue weighted by Gasteiger charge is 2.36. The Balaban J connectivity index is 2.23. The summed E-state index contributed by atoms with van der Waals surface area (Å²) in [5.41, 5.74) is 1.38. The van der Waals surface area contributed by atoms with Crippen molar-refractivity contribution < 1.29 is 23.8 Å². The minimum absolute atomic E-state index is 0.0218. The second-order valence-corrected chi connectivity index (χ2v) is 11.8. The number of fused-ring (bicyclic) bond motifs is 1. The number of aromatic nitrogens is 5. The fourth-order valence-electron chi connectivity index (χ4n) is 4.04. The van der Waals surface area contributed by atoms with Crippen molar-refractivity contribution in [2.24, 2.45) is 0 Å². The maximum absolute atomic E-state index is 13.2. The number of halogens is 1. The minimum atomic E-state index is -1.02. The average molecular weight is 586 g/mol. The van der Waals surface area contributed by atoms with Gasteiger partial charge in [0.05, 0.1) is 36.5 Å². The maximum Gasteiger partial charge on any atom is 0.427 e. The predicted octanol–water partition coefficient (Wildman–Crippen LogP) is 6.07. The molecule has 41 heavy (non-hydrogen) atoms. The van der Waals surface area contributed by atoms with Crippen LogP contribution in [0.15, 0.2) is 6.20 Å². The van der Waals surface area contributed by atoms with E-state index in [-0.39, 0.29) is 23.3 Å². The maximum atomic E-state index is 13.2. The zero-order valence-electron chi connectivity index (χ0n) is 25.0. The van der Waals surface area contributed by atoms with Gasteiger partial charge in [-0.25, -0.2) is 14.3 Å². The van der Waals surface area contributed by atoms with Crippen molar-refractivity contribution in [3.63, 3.8) is 0 Å². The molecule has 2 amide bonds. The summed E-state index contributed by atoms with van der Waals surface area (Å²) in [5.74, 6) is 0.372. The van der Waals surface area contributed by atoms with E-state index < -0.39 is 23.4 Å². The molecule has 3 heterocycles. The Morgan fingerprint density at radius 3 is 2.20 bits per heavy atom. The number of hydrogen-bond acceptors (Lipinski definition) is 10. The lowest BCUT2D eigenvalue weighted by Gasteiger charge is -2.27. The van der Waals surface area contributed by atoms with Crippen molar-refractivity contribution in [2.75, 3.05) is 12.0 Å². The van der Waals surface area contributed by atoms with E-state index in [1.165, 1.54) is 0 Å². The Kier molecular flexibility index (Phi) is 9.44. The smallest absolute Gasteiger partial charge is 0.427 e. The molecule has 0 radical (unpaired) electrons. The number of rotatable bonds is 7. The minimum Gasteiger partial charge on any atom is -0.496 e. The van der Waals surface area contributed by atoms with Crippen molar-refractivity contribution in [1.29, 1.82) is 5.26 Å². The van der Waals surface area contributed by atoms with Crippen LogP contribution in [0, 0.1) is 25.2 Å². The van der Waals surface area contributed by atoms with Gasteiger partial charge < -0.3 is 14.2 Å². The van der Waals surface area contributed by atoms with E-state index in [1.54, 1.807) is 59.5 Å². The Morgan fingerprint density at radius 1 is 1.05 bits per heavy atom. The van der Waals surface area contributed by atoms with Gasteiger partial charge in [-0.05, 0) is 68.2 Å². The van der Waals surface area contributed by atoms with Crippen LogP contribution in [0.2, 0.25) is 5.15 Å². The Hall–Kier alpha value is -3.98. The quantitative estimate of drug-likeness (QED) is 0.236. The summed E-state index contributed by atoms with van der Waals surface area (Å²) < 4.78 is 18.1. The number of methoxy groups -OCH3 is 1. The molecular formula is C28H36ClN7O5. The molecule has 0 unspecified atom stereocenters. The average Bonchev–Trinajstić information content (AvgIpc) is 3.17. The van der Waals surface area contributed by atoms with Crippen LogP contribution in [0.3, 0.4) is 0 Å². The first-order chi connectivity index (χ1) is 19.1. The molecule has 0 fully saturated rings. The summed E-state index contributed by atoms with van der Waals surface area (Å²) in [5, 5.41) is 14.2. The van der Waals surface area contributed by atoms with Crippen molar-refractivity contribution in [3.8, 4) is 11.8 Å². The van der Waals surface area contributed by atoms with E-state index in [0.717, 1.165) is 11.1 Å². The van der Waals surface area contributed by atoms with E-state index in [2.05, 4.69) is 21.0 Å². The molecule has 0 spiro atoms. The number of carbonyl (C=O) groups is 2. The molecular weight excluding hydrogens is 550 g/mol. The van der Waals surface area contributed by atoms with Crippen LogP contribution in [-0.4, -0.2) is 55.2 Å². The first kappa shape index (κ1) is 31.5. The number of hydrogen-bond donors (Lipinski definition) is 0. The zero-order valence-corrected chi connectivity index (χ0v) is 25.7. The lowest BCUT2D eigenvalue weighted by Crippen LogP contribution is -2.44. The number of imide groups is 1. The zero-order chi connectivity index (χ0) is 30.7. The molecule has 0 aliphatic carbocycles. The molecule has 0 bridgehead atoms. The molecule has 13 heteroatoms. The highest BCUT2D eigenvalue weighted by Crippen LogP contribution is 2.31. The predicted molar refractivity (Wildman–Crippen MR) is 153 cm³/mol. The van der Waals surface area contributed by atoms with Crippen LogP contribution in [-0.2, 0) is 22.4 Å². The van der Waals surface area contributed by atoms with Crippen LogP contribution >= 0.6 is 11.6 Å². The summed E-state index contributed by atoms with van der Waals surface area (Å²) in [4.78, 5) is 40.5. The van der Waals surface area contributed by atoms with Gasteiger partial charge >= 0.3 is 12.2 Å². The number of carbonyl (C=O) groups excluding carboxylic acids is 2. The first-order valence-electron chi connectivity index (χ1n) is 13.1. The summed E-state index contributed by atoms with van der Waals surface area (Å²) in [6, 6.07) is 2.13. The lowest BCUT2D eigenvalue weighted by molar-refractivity contribution is 0.0427. The number of amides is 2. The topological polar surface area (TPSA) is 145 Å². The summed E-state index contributed by atoms with van der Waals surface area (Å²) >= 11 is 6.68. The Bertz CT molecular complexity index is 1470. The summed E-state index contributed by atoms with van der Waals surface area (Å²) in [6.07, 6.45) is 0.960. The second-order valence-electron chi connectivity index (χ2n) is 11.5. The van der Waals surface area contributed by atoms with Crippen molar-refractivity contribution in [3.05, 3.63) is 33.9 Å². The number of nitriles is 1.